The molecule has 1 heterocycles. The van der Waals surface area contributed by atoms with Crippen LogP contribution in [0.2, 0.25) is 0 Å². The predicted molar refractivity (Wildman–Crippen MR) is 46.2 cm³/mol. The first-order chi connectivity index (χ1) is 5.93. The number of nitriles is 1. The van der Waals surface area contributed by atoms with Gasteiger partial charge in [0.05, 0.1) is 6.07 Å². The first kappa shape index (κ1) is 8.69. The first-order valence-corrected chi connectivity index (χ1v) is 3.90. The number of nitrogens with one attached hydrogen (secondary N) is 1. The van der Waals surface area contributed by atoms with Gasteiger partial charge in [-0.2, -0.15) is 5.26 Å². The first-order valence-electron chi connectivity index (χ1n) is 3.90. The molecule has 12 heavy (non-hydrogen) atoms. The van der Waals surface area contributed by atoms with Crippen LogP contribution in [0.3, 0.4) is 0 Å². The minimum absolute atomic E-state index is 0.556. The molecule has 0 radical (unpaired) electrons. The summed E-state index contributed by atoms with van der Waals surface area (Å²) in [6.45, 7) is 1.53. The monoisotopic (exact) mass is 161 g/mol. The number of aromatic nitrogens is 1. The topological polar surface area (TPSA) is 48.7 Å². The summed E-state index contributed by atoms with van der Waals surface area (Å²) in [6.07, 6.45) is 4.12. The molecule has 0 saturated heterocycles. The molecule has 0 saturated carbocycles. The van der Waals surface area contributed by atoms with Crippen LogP contribution in [0, 0.1) is 11.3 Å². The highest BCUT2D eigenvalue weighted by Gasteiger charge is 1.89. The SMILES string of the molecule is N#CCCNCc1cccnc1. The molecule has 62 valence electrons. The van der Waals surface area contributed by atoms with Crippen LogP contribution >= 0.6 is 0 Å². The van der Waals surface area contributed by atoms with Gasteiger partial charge in [0, 0.05) is 31.9 Å². The predicted octanol–water partition coefficient (Wildman–Crippen LogP) is 1.08. The molecule has 1 aromatic rings. The van der Waals surface area contributed by atoms with E-state index >= 15 is 0 Å². The molecule has 0 aromatic carbocycles. The Bertz CT molecular complexity index is 250. The lowest BCUT2D eigenvalue weighted by Crippen LogP contribution is -2.14. The Kier molecular flexibility index (Phi) is 3.82. The minimum atomic E-state index is 0.556. The molecule has 0 fully saturated rings. The fourth-order valence-corrected chi connectivity index (χ4v) is 0.880. The van der Waals surface area contributed by atoms with Gasteiger partial charge in [-0.25, -0.2) is 0 Å². The van der Waals surface area contributed by atoms with Crippen molar-refractivity contribution in [1.82, 2.24) is 10.3 Å². The normalized spacial score (nSPS) is 9.25. The molecule has 0 aliphatic carbocycles. The van der Waals surface area contributed by atoms with E-state index in [0.717, 1.165) is 18.7 Å². The van der Waals surface area contributed by atoms with Crippen molar-refractivity contribution in [3.8, 4) is 6.07 Å². The highest BCUT2D eigenvalue weighted by atomic mass is 14.8. The maximum atomic E-state index is 8.26. The van der Waals surface area contributed by atoms with Crippen LogP contribution in [0.5, 0.6) is 0 Å². The van der Waals surface area contributed by atoms with Crippen molar-refractivity contribution < 1.29 is 0 Å². The van der Waals surface area contributed by atoms with E-state index in [1.165, 1.54) is 0 Å². The zero-order valence-corrected chi connectivity index (χ0v) is 6.83. The van der Waals surface area contributed by atoms with E-state index in [0.29, 0.717) is 6.42 Å². The van der Waals surface area contributed by atoms with Crippen molar-refractivity contribution in [2.45, 2.75) is 13.0 Å². The van der Waals surface area contributed by atoms with Crippen LogP contribution in [0.1, 0.15) is 12.0 Å². The van der Waals surface area contributed by atoms with Gasteiger partial charge in [0.1, 0.15) is 0 Å². The van der Waals surface area contributed by atoms with Gasteiger partial charge < -0.3 is 5.32 Å². The van der Waals surface area contributed by atoms with Gasteiger partial charge in [0.25, 0.3) is 0 Å². The van der Waals surface area contributed by atoms with Gasteiger partial charge in [-0.3, -0.25) is 4.98 Å². The molecule has 1 N–H and O–H groups in total. The van der Waals surface area contributed by atoms with Gasteiger partial charge in [-0.15, -0.1) is 0 Å². The number of rotatable bonds is 4. The third kappa shape index (κ3) is 3.13. The van der Waals surface area contributed by atoms with E-state index in [1.807, 2.05) is 18.3 Å². The van der Waals surface area contributed by atoms with Crippen LogP contribution in [-0.4, -0.2) is 11.5 Å². The molecule has 1 rings (SSSR count). The molecule has 0 amide bonds. The number of hydrogen-bond donors (Lipinski definition) is 1. The molecule has 0 aliphatic rings. The smallest absolute Gasteiger partial charge is 0.0635 e. The minimum Gasteiger partial charge on any atom is -0.312 e. The second kappa shape index (κ2) is 5.28. The van der Waals surface area contributed by atoms with Crippen molar-refractivity contribution in [1.29, 1.82) is 5.26 Å². The van der Waals surface area contributed by atoms with E-state index in [4.69, 9.17) is 5.26 Å². The summed E-state index contributed by atoms with van der Waals surface area (Å²) >= 11 is 0. The Hall–Kier alpha value is -1.40. The Morgan fingerprint density at radius 2 is 2.50 bits per heavy atom. The van der Waals surface area contributed by atoms with E-state index in [-0.39, 0.29) is 0 Å². The number of hydrogen-bond acceptors (Lipinski definition) is 3. The quantitative estimate of drug-likeness (QED) is 0.672. The third-order valence-electron chi connectivity index (χ3n) is 1.47. The fourth-order valence-electron chi connectivity index (χ4n) is 0.880. The molecule has 1 aromatic heterocycles. The van der Waals surface area contributed by atoms with Crippen LogP contribution in [0.15, 0.2) is 24.5 Å². The summed E-state index contributed by atoms with van der Waals surface area (Å²) in [6, 6.07) is 5.99. The Morgan fingerprint density at radius 1 is 1.58 bits per heavy atom. The summed E-state index contributed by atoms with van der Waals surface area (Å²) in [5.74, 6) is 0. The molecular weight excluding hydrogens is 150 g/mol. The second-order valence-corrected chi connectivity index (χ2v) is 2.45. The Balaban J connectivity index is 2.21. The van der Waals surface area contributed by atoms with Crippen LogP contribution in [0.25, 0.3) is 0 Å². The summed E-state index contributed by atoms with van der Waals surface area (Å²) < 4.78 is 0. The fraction of sp³-hybridized carbons (Fsp3) is 0.333. The lowest BCUT2D eigenvalue weighted by atomic mass is 10.3. The standard InChI is InChI=1S/C9H11N3/c10-4-2-6-12-8-9-3-1-5-11-7-9/h1,3,5,7,12H,2,6,8H2. The van der Waals surface area contributed by atoms with Crippen LogP contribution < -0.4 is 5.32 Å². The maximum Gasteiger partial charge on any atom is 0.0635 e. The maximum absolute atomic E-state index is 8.26. The van der Waals surface area contributed by atoms with Gasteiger partial charge in [0.15, 0.2) is 0 Å². The molecule has 0 unspecified atom stereocenters. The summed E-state index contributed by atoms with van der Waals surface area (Å²) in [4.78, 5) is 3.98. The summed E-state index contributed by atoms with van der Waals surface area (Å²) in [5, 5.41) is 11.4. The van der Waals surface area contributed by atoms with Crippen molar-refractivity contribution in [3.63, 3.8) is 0 Å². The van der Waals surface area contributed by atoms with Crippen molar-refractivity contribution in [2.24, 2.45) is 0 Å². The van der Waals surface area contributed by atoms with Gasteiger partial charge >= 0.3 is 0 Å². The van der Waals surface area contributed by atoms with Crippen LogP contribution in [0.4, 0.5) is 0 Å². The van der Waals surface area contributed by atoms with Crippen molar-refractivity contribution >= 4 is 0 Å². The van der Waals surface area contributed by atoms with E-state index in [2.05, 4.69) is 16.4 Å². The second-order valence-electron chi connectivity index (χ2n) is 2.45. The lowest BCUT2D eigenvalue weighted by Gasteiger charge is -2.00. The van der Waals surface area contributed by atoms with E-state index < -0.39 is 0 Å². The van der Waals surface area contributed by atoms with Gasteiger partial charge in [-0.1, -0.05) is 6.07 Å². The lowest BCUT2D eigenvalue weighted by molar-refractivity contribution is 0.697. The van der Waals surface area contributed by atoms with E-state index in [9.17, 15) is 0 Å². The van der Waals surface area contributed by atoms with E-state index in [1.54, 1.807) is 6.20 Å². The molecule has 3 heteroatoms. The largest absolute Gasteiger partial charge is 0.312 e. The average molecular weight is 161 g/mol. The van der Waals surface area contributed by atoms with Gasteiger partial charge in [-0.05, 0) is 11.6 Å². The number of pyridine rings is 1. The molecule has 0 spiro atoms. The molecule has 0 atom stereocenters. The zero-order valence-electron chi connectivity index (χ0n) is 6.83. The van der Waals surface area contributed by atoms with Crippen LogP contribution in [-0.2, 0) is 6.54 Å². The van der Waals surface area contributed by atoms with Crippen molar-refractivity contribution in [3.05, 3.63) is 30.1 Å². The third-order valence-corrected chi connectivity index (χ3v) is 1.47. The molecule has 3 nitrogen and oxygen atoms in total. The molecular formula is C9H11N3. The number of nitrogens with zero attached hydrogens (tertiary/aromatic N) is 2. The summed E-state index contributed by atoms with van der Waals surface area (Å²) in [5.41, 5.74) is 1.15. The Labute approximate surface area is 72.1 Å². The summed E-state index contributed by atoms with van der Waals surface area (Å²) in [7, 11) is 0. The van der Waals surface area contributed by atoms with Gasteiger partial charge in [0.2, 0.25) is 0 Å². The molecule has 0 aliphatic heterocycles. The Morgan fingerprint density at radius 3 is 3.17 bits per heavy atom. The average Bonchev–Trinajstić information content (AvgIpc) is 2.14. The highest BCUT2D eigenvalue weighted by Crippen LogP contribution is 1.93. The van der Waals surface area contributed by atoms with Crippen molar-refractivity contribution in [2.75, 3.05) is 6.54 Å². The highest BCUT2D eigenvalue weighted by molar-refractivity contribution is 5.07. The molecule has 0 bridgehead atoms. The zero-order chi connectivity index (χ0) is 8.65.